The van der Waals surface area contributed by atoms with Crippen molar-refractivity contribution in [2.24, 2.45) is 0 Å². The molecule has 2 rings (SSSR count). The molecule has 1 heterocycles. The summed E-state index contributed by atoms with van der Waals surface area (Å²) in [5.74, 6) is -1.01. The zero-order chi connectivity index (χ0) is 18.4. The molecule has 0 atom stereocenters. The summed E-state index contributed by atoms with van der Waals surface area (Å²) < 4.78 is 53.8. The van der Waals surface area contributed by atoms with Gasteiger partial charge in [-0.3, -0.25) is 4.72 Å². The third-order valence-electron chi connectivity index (χ3n) is 3.28. The highest BCUT2D eigenvalue weighted by atomic mass is 32.2. The minimum atomic E-state index is -4.33. The standard InChI is InChI=1S/C15H16F2N4O2S2/c1-2-3-4-5-19-12-7-11(16)13(6-10(12)8-18)25(22,23)21-15-20-9-14(17)24-15/h6-7,9,19H,2-5H2,1H3,(H,20,21). The third kappa shape index (κ3) is 4.87. The zero-order valence-corrected chi connectivity index (χ0v) is 15.0. The SMILES string of the molecule is CCCCCNc1cc(F)c(S(=O)(=O)Nc2ncc(F)s2)cc1C#N. The van der Waals surface area contributed by atoms with Gasteiger partial charge in [0.2, 0.25) is 0 Å². The van der Waals surface area contributed by atoms with Gasteiger partial charge in [-0.25, -0.2) is 17.8 Å². The van der Waals surface area contributed by atoms with Crippen LogP contribution in [0.25, 0.3) is 0 Å². The Kier molecular flexibility index (Phi) is 6.27. The number of hydrogen-bond acceptors (Lipinski definition) is 6. The second-order valence-corrected chi connectivity index (χ2v) is 7.78. The van der Waals surface area contributed by atoms with Crippen LogP contribution in [0.4, 0.5) is 19.6 Å². The van der Waals surface area contributed by atoms with Crippen LogP contribution in [0.15, 0.2) is 23.2 Å². The van der Waals surface area contributed by atoms with Gasteiger partial charge >= 0.3 is 0 Å². The molecule has 0 aliphatic carbocycles. The first kappa shape index (κ1) is 19.1. The van der Waals surface area contributed by atoms with Crippen molar-refractivity contribution in [2.75, 3.05) is 16.6 Å². The molecule has 1 aromatic heterocycles. The van der Waals surface area contributed by atoms with Crippen LogP contribution in [0.5, 0.6) is 0 Å². The maximum atomic E-state index is 14.3. The predicted molar refractivity (Wildman–Crippen MR) is 92.0 cm³/mol. The number of anilines is 2. The highest BCUT2D eigenvalue weighted by molar-refractivity contribution is 7.93. The first-order valence-electron chi connectivity index (χ1n) is 7.49. The van der Waals surface area contributed by atoms with E-state index in [2.05, 4.69) is 10.3 Å². The molecule has 0 spiro atoms. The molecule has 0 saturated heterocycles. The molecule has 1 aromatic carbocycles. The molecule has 0 amide bonds. The summed E-state index contributed by atoms with van der Waals surface area (Å²) in [6, 6.07) is 3.77. The number of unbranched alkanes of at least 4 members (excludes halogenated alkanes) is 2. The number of benzene rings is 1. The van der Waals surface area contributed by atoms with Gasteiger partial charge in [0.25, 0.3) is 10.0 Å². The normalized spacial score (nSPS) is 11.1. The summed E-state index contributed by atoms with van der Waals surface area (Å²) in [5.41, 5.74) is 0.235. The Bertz CT molecular complexity index is 891. The Morgan fingerprint density at radius 2 is 2.08 bits per heavy atom. The zero-order valence-electron chi connectivity index (χ0n) is 13.3. The molecular formula is C15H16F2N4O2S2. The Balaban J connectivity index is 2.27. The van der Waals surface area contributed by atoms with Crippen LogP contribution in [0, 0.1) is 22.3 Å². The van der Waals surface area contributed by atoms with E-state index >= 15 is 0 Å². The largest absolute Gasteiger partial charge is 0.384 e. The number of hydrogen-bond donors (Lipinski definition) is 2. The van der Waals surface area contributed by atoms with Crippen molar-refractivity contribution in [3.8, 4) is 6.07 Å². The van der Waals surface area contributed by atoms with Crippen molar-refractivity contribution in [1.82, 2.24) is 4.98 Å². The number of rotatable bonds is 8. The predicted octanol–water partition coefficient (Wildman–Crippen LogP) is 3.70. The van der Waals surface area contributed by atoms with E-state index in [0.29, 0.717) is 17.9 Å². The topological polar surface area (TPSA) is 94.9 Å². The summed E-state index contributed by atoms with van der Waals surface area (Å²) in [7, 11) is -4.33. The lowest BCUT2D eigenvalue weighted by molar-refractivity contribution is 0.570. The van der Waals surface area contributed by atoms with E-state index < -0.39 is 25.9 Å². The van der Waals surface area contributed by atoms with Gasteiger partial charge in [-0.2, -0.15) is 9.65 Å². The van der Waals surface area contributed by atoms with Crippen LogP contribution in [0.1, 0.15) is 31.7 Å². The van der Waals surface area contributed by atoms with Crippen molar-refractivity contribution in [1.29, 1.82) is 5.26 Å². The van der Waals surface area contributed by atoms with Crippen molar-refractivity contribution in [2.45, 2.75) is 31.1 Å². The van der Waals surface area contributed by atoms with Crippen molar-refractivity contribution in [3.63, 3.8) is 0 Å². The van der Waals surface area contributed by atoms with Crippen molar-refractivity contribution >= 4 is 32.2 Å². The van der Waals surface area contributed by atoms with E-state index in [1.165, 1.54) is 0 Å². The smallest absolute Gasteiger partial charge is 0.266 e. The van der Waals surface area contributed by atoms with Crippen LogP contribution < -0.4 is 10.0 Å². The van der Waals surface area contributed by atoms with Crippen LogP contribution in [-0.4, -0.2) is 19.9 Å². The third-order valence-corrected chi connectivity index (χ3v) is 5.46. The van der Waals surface area contributed by atoms with E-state index in [-0.39, 0.29) is 16.4 Å². The van der Waals surface area contributed by atoms with E-state index in [1.807, 2.05) is 17.7 Å². The van der Waals surface area contributed by atoms with Gasteiger partial charge in [0.1, 0.15) is 16.8 Å². The van der Waals surface area contributed by atoms with Gasteiger partial charge in [-0.15, -0.1) is 0 Å². The molecule has 134 valence electrons. The highest BCUT2D eigenvalue weighted by Gasteiger charge is 2.23. The Morgan fingerprint density at radius 1 is 1.32 bits per heavy atom. The average molecular weight is 386 g/mol. The quantitative estimate of drug-likeness (QED) is 0.675. The van der Waals surface area contributed by atoms with Crippen LogP contribution >= 0.6 is 11.3 Å². The number of nitrogens with one attached hydrogen (secondary N) is 2. The molecule has 0 aliphatic rings. The lowest BCUT2D eigenvalue weighted by Crippen LogP contribution is -2.15. The number of halogens is 2. The molecule has 0 unspecified atom stereocenters. The van der Waals surface area contributed by atoms with Gasteiger partial charge in [0.15, 0.2) is 10.3 Å². The van der Waals surface area contributed by atoms with Crippen LogP contribution in [0.2, 0.25) is 0 Å². The fraction of sp³-hybridized carbons (Fsp3) is 0.333. The van der Waals surface area contributed by atoms with E-state index in [0.717, 1.165) is 37.6 Å². The number of sulfonamides is 1. The molecule has 6 nitrogen and oxygen atoms in total. The van der Waals surface area contributed by atoms with Gasteiger partial charge in [0, 0.05) is 6.54 Å². The Morgan fingerprint density at radius 3 is 2.68 bits per heavy atom. The molecule has 25 heavy (non-hydrogen) atoms. The molecule has 0 fully saturated rings. The Labute approximate surface area is 148 Å². The minimum Gasteiger partial charge on any atom is -0.384 e. The molecule has 2 aromatic rings. The maximum Gasteiger partial charge on any atom is 0.266 e. The van der Waals surface area contributed by atoms with Gasteiger partial charge in [-0.05, 0) is 18.6 Å². The summed E-state index contributed by atoms with van der Waals surface area (Å²) in [6.07, 6.45) is 3.70. The molecule has 2 N–H and O–H groups in total. The number of thiazole rings is 1. The highest BCUT2D eigenvalue weighted by Crippen LogP contribution is 2.26. The monoisotopic (exact) mass is 386 g/mol. The molecule has 0 bridgehead atoms. The molecule has 0 radical (unpaired) electrons. The summed E-state index contributed by atoms with van der Waals surface area (Å²) >= 11 is 0.476. The fourth-order valence-corrected chi connectivity index (χ4v) is 3.94. The van der Waals surface area contributed by atoms with Crippen molar-refractivity contribution in [3.05, 3.63) is 34.8 Å². The van der Waals surface area contributed by atoms with Gasteiger partial charge in [0.05, 0.1) is 17.4 Å². The number of nitriles is 1. The fourth-order valence-electron chi connectivity index (χ4n) is 2.07. The van der Waals surface area contributed by atoms with Crippen molar-refractivity contribution < 1.29 is 17.2 Å². The molecular weight excluding hydrogens is 370 g/mol. The molecule has 0 aliphatic heterocycles. The summed E-state index contributed by atoms with van der Waals surface area (Å²) in [4.78, 5) is 2.83. The first-order chi connectivity index (χ1) is 11.9. The second kappa shape index (κ2) is 8.22. The van der Waals surface area contributed by atoms with E-state index in [1.54, 1.807) is 0 Å². The lowest BCUT2D eigenvalue weighted by atomic mass is 10.2. The van der Waals surface area contributed by atoms with Crippen LogP contribution in [0.3, 0.4) is 0 Å². The minimum absolute atomic E-state index is 0.00333. The van der Waals surface area contributed by atoms with Gasteiger partial charge in [-0.1, -0.05) is 31.1 Å². The molecule has 10 heteroatoms. The number of nitrogens with zero attached hydrogens (tertiary/aromatic N) is 2. The van der Waals surface area contributed by atoms with E-state index in [4.69, 9.17) is 0 Å². The first-order valence-corrected chi connectivity index (χ1v) is 9.79. The average Bonchev–Trinajstić information content (AvgIpc) is 2.95. The second-order valence-electron chi connectivity index (χ2n) is 5.15. The van der Waals surface area contributed by atoms with Crippen LogP contribution in [-0.2, 0) is 10.0 Å². The number of aromatic nitrogens is 1. The molecule has 0 saturated carbocycles. The Hall–Kier alpha value is -2.25. The lowest BCUT2D eigenvalue weighted by Gasteiger charge is -2.11. The summed E-state index contributed by atoms with van der Waals surface area (Å²) in [5, 5.41) is 11.2. The summed E-state index contributed by atoms with van der Waals surface area (Å²) in [6.45, 7) is 2.59. The van der Waals surface area contributed by atoms with E-state index in [9.17, 15) is 22.5 Å². The van der Waals surface area contributed by atoms with Gasteiger partial charge < -0.3 is 5.32 Å². The maximum absolute atomic E-state index is 14.3.